The van der Waals surface area contributed by atoms with Crippen LogP contribution in [0.4, 0.5) is 17.1 Å². The maximum Gasteiger partial charge on any atom is 0.261 e. The highest BCUT2D eigenvalue weighted by Crippen LogP contribution is 2.31. The summed E-state index contributed by atoms with van der Waals surface area (Å²) in [6, 6.07) is 15.1. The summed E-state index contributed by atoms with van der Waals surface area (Å²) in [6.07, 6.45) is 0. The average Bonchev–Trinajstić information content (AvgIpc) is 2.83. The van der Waals surface area contributed by atoms with Crippen molar-refractivity contribution in [3.63, 3.8) is 0 Å². The molecule has 10 nitrogen and oxygen atoms in total. The fourth-order valence-corrected chi connectivity index (χ4v) is 4.31. The molecule has 0 aliphatic carbocycles. The van der Waals surface area contributed by atoms with Gasteiger partial charge in [-0.2, -0.15) is 0 Å². The second kappa shape index (κ2) is 10.8. The van der Waals surface area contributed by atoms with Crippen LogP contribution in [0.15, 0.2) is 65.6 Å². The van der Waals surface area contributed by atoms with E-state index in [0.29, 0.717) is 22.9 Å². The van der Waals surface area contributed by atoms with Crippen LogP contribution in [0.25, 0.3) is 0 Å². The number of anilines is 3. The molecule has 3 aromatic rings. The quantitative estimate of drug-likeness (QED) is 0.409. The van der Waals surface area contributed by atoms with Gasteiger partial charge in [0, 0.05) is 13.0 Å². The highest BCUT2D eigenvalue weighted by Gasteiger charge is 2.21. The van der Waals surface area contributed by atoms with Gasteiger partial charge in [-0.25, -0.2) is 8.42 Å². The van der Waals surface area contributed by atoms with Gasteiger partial charge in [-0.3, -0.25) is 14.3 Å². The number of rotatable bonds is 9. The predicted molar refractivity (Wildman–Crippen MR) is 132 cm³/mol. The van der Waals surface area contributed by atoms with Gasteiger partial charge < -0.3 is 24.8 Å². The van der Waals surface area contributed by atoms with Crippen LogP contribution in [-0.4, -0.2) is 41.6 Å². The Balaban J connectivity index is 1.91. The lowest BCUT2D eigenvalue weighted by molar-refractivity contribution is -0.114. The summed E-state index contributed by atoms with van der Waals surface area (Å²) in [4.78, 5) is 24.4. The van der Waals surface area contributed by atoms with Gasteiger partial charge in [-0.05, 0) is 42.5 Å². The van der Waals surface area contributed by atoms with E-state index in [1.165, 1.54) is 58.6 Å². The topological polar surface area (TPSA) is 132 Å². The minimum atomic E-state index is -4.13. The summed E-state index contributed by atoms with van der Waals surface area (Å²) in [5.41, 5.74) is 0.727. The second-order valence-electron chi connectivity index (χ2n) is 7.21. The molecular formula is C24H25N3O7S. The van der Waals surface area contributed by atoms with Crippen LogP contribution < -0.4 is 29.6 Å². The zero-order valence-corrected chi connectivity index (χ0v) is 20.4. The van der Waals surface area contributed by atoms with Crippen LogP contribution in [0, 0.1) is 0 Å². The molecule has 0 aliphatic heterocycles. The van der Waals surface area contributed by atoms with Crippen LogP contribution in [-0.2, 0) is 14.8 Å². The van der Waals surface area contributed by atoms with E-state index < -0.39 is 15.9 Å². The molecule has 0 spiro atoms. The molecule has 0 unspecified atom stereocenters. The molecule has 11 heteroatoms. The molecule has 3 aromatic carbocycles. The highest BCUT2D eigenvalue weighted by atomic mass is 32.2. The van der Waals surface area contributed by atoms with Crippen LogP contribution in [0.3, 0.4) is 0 Å². The van der Waals surface area contributed by atoms with Crippen LogP contribution >= 0.6 is 0 Å². The van der Waals surface area contributed by atoms with Crippen LogP contribution in [0.1, 0.15) is 17.3 Å². The van der Waals surface area contributed by atoms with Gasteiger partial charge in [0.1, 0.15) is 17.2 Å². The number of methoxy groups -OCH3 is 3. The number of para-hydroxylation sites is 1. The summed E-state index contributed by atoms with van der Waals surface area (Å²) in [5.74, 6) is 0.278. The smallest absolute Gasteiger partial charge is 0.261 e. The molecule has 2 amide bonds. The van der Waals surface area contributed by atoms with Crippen molar-refractivity contribution in [3.05, 3.63) is 66.2 Å². The first-order valence-corrected chi connectivity index (χ1v) is 11.8. The molecule has 0 heterocycles. The molecule has 3 N–H and O–H groups in total. The van der Waals surface area contributed by atoms with E-state index in [4.69, 9.17) is 14.2 Å². The Labute approximate surface area is 203 Å². The van der Waals surface area contributed by atoms with E-state index in [2.05, 4.69) is 15.4 Å². The van der Waals surface area contributed by atoms with Crippen molar-refractivity contribution in [2.75, 3.05) is 36.7 Å². The normalized spacial score (nSPS) is 10.7. The molecule has 35 heavy (non-hydrogen) atoms. The minimum absolute atomic E-state index is 0.0642. The number of sulfonamides is 1. The van der Waals surface area contributed by atoms with E-state index in [1.807, 2.05) is 0 Å². The third-order valence-corrected chi connectivity index (χ3v) is 6.23. The number of ether oxygens (including phenoxy) is 3. The predicted octanol–water partition coefficient (Wildman–Crippen LogP) is 3.72. The third kappa shape index (κ3) is 6.01. The summed E-state index contributed by atoms with van der Waals surface area (Å²) in [7, 11) is 0.243. The fourth-order valence-electron chi connectivity index (χ4n) is 3.21. The van der Waals surface area contributed by atoms with Crippen molar-refractivity contribution in [2.24, 2.45) is 0 Å². The summed E-state index contributed by atoms with van der Waals surface area (Å²) < 4.78 is 44.3. The van der Waals surface area contributed by atoms with Crippen molar-refractivity contribution >= 4 is 38.9 Å². The molecule has 0 fully saturated rings. The number of hydrogen-bond acceptors (Lipinski definition) is 7. The van der Waals surface area contributed by atoms with E-state index in [9.17, 15) is 18.0 Å². The fraction of sp³-hybridized carbons (Fsp3) is 0.167. The summed E-state index contributed by atoms with van der Waals surface area (Å²) in [5, 5.41) is 5.26. The van der Waals surface area contributed by atoms with Gasteiger partial charge in [0.2, 0.25) is 5.91 Å². The minimum Gasteiger partial charge on any atom is -0.497 e. The SMILES string of the molecule is COc1ccc(NC(=O)c2ccccc2NS(=O)(=O)c2ccc(OC)c(NC(C)=O)c2)c(OC)c1. The van der Waals surface area contributed by atoms with Gasteiger partial charge in [0.15, 0.2) is 0 Å². The lowest BCUT2D eigenvalue weighted by atomic mass is 10.1. The molecule has 0 saturated carbocycles. The molecular weight excluding hydrogens is 474 g/mol. The Morgan fingerprint density at radius 3 is 2.11 bits per heavy atom. The summed E-state index contributed by atoms with van der Waals surface area (Å²) in [6.45, 7) is 1.30. The van der Waals surface area contributed by atoms with Gasteiger partial charge in [-0.1, -0.05) is 12.1 Å². The summed E-state index contributed by atoms with van der Waals surface area (Å²) >= 11 is 0. The van der Waals surface area contributed by atoms with Gasteiger partial charge in [0.05, 0.1) is 48.9 Å². The van der Waals surface area contributed by atoms with Crippen molar-refractivity contribution < 1.29 is 32.2 Å². The first-order valence-electron chi connectivity index (χ1n) is 10.3. The lowest BCUT2D eigenvalue weighted by Crippen LogP contribution is -2.19. The number of carbonyl (C=O) groups excluding carboxylic acids is 2. The van der Waals surface area contributed by atoms with Crippen LogP contribution in [0.5, 0.6) is 17.2 Å². The third-order valence-electron chi connectivity index (χ3n) is 4.86. The highest BCUT2D eigenvalue weighted by molar-refractivity contribution is 7.92. The van der Waals surface area contributed by atoms with E-state index in [-0.39, 0.29) is 27.7 Å². The second-order valence-corrected chi connectivity index (χ2v) is 8.90. The van der Waals surface area contributed by atoms with E-state index in [1.54, 1.807) is 30.3 Å². The Hall–Kier alpha value is -4.25. The largest absolute Gasteiger partial charge is 0.497 e. The number of carbonyl (C=O) groups is 2. The Kier molecular flexibility index (Phi) is 7.82. The zero-order valence-electron chi connectivity index (χ0n) is 19.5. The van der Waals surface area contributed by atoms with Crippen molar-refractivity contribution in [2.45, 2.75) is 11.8 Å². The Morgan fingerprint density at radius 1 is 0.743 bits per heavy atom. The number of hydrogen-bond donors (Lipinski definition) is 3. The Bertz CT molecular complexity index is 1360. The standard InChI is InChI=1S/C24H25N3O7S/c1-15(28)25-21-14-17(10-12-22(21)33-3)35(30,31)27-19-8-6-5-7-18(19)24(29)26-20-11-9-16(32-2)13-23(20)34-4/h5-14,27H,1-4H3,(H,25,28)(H,26,29). The van der Waals surface area contributed by atoms with E-state index in [0.717, 1.165) is 0 Å². The van der Waals surface area contributed by atoms with Crippen molar-refractivity contribution in [1.82, 2.24) is 0 Å². The number of nitrogens with one attached hydrogen (secondary N) is 3. The lowest BCUT2D eigenvalue weighted by Gasteiger charge is -2.15. The zero-order chi connectivity index (χ0) is 25.6. The van der Waals surface area contributed by atoms with Gasteiger partial charge >= 0.3 is 0 Å². The molecule has 184 valence electrons. The van der Waals surface area contributed by atoms with Gasteiger partial charge in [0.25, 0.3) is 15.9 Å². The Morgan fingerprint density at radius 2 is 1.46 bits per heavy atom. The number of amides is 2. The molecule has 0 aromatic heterocycles. The van der Waals surface area contributed by atoms with Crippen molar-refractivity contribution in [1.29, 1.82) is 0 Å². The van der Waals surface area contributed by atoms with E-state index >= 15 is 0 Å². The average molecular weight is 500 g/mol. The molecule has 0 radical (unpaired) electrons. The monoisotopic (exact) mass is 499 g/mol. The number of benzene rings is 3. The molecule has 0 bridgehead atoms. The first-order chi connectivity index (χ1) is 16.7. The van der Waals surface area contributed by atoms with Crippen LogP contribution in [0.2, 0.25) is 0 Å². The van der Waals surface area contributed by atoms with Gasteiger partial charge in [-0.15, -0.1) is 0 Å². The molecule has 3 rings (SSSR count). The molecule has 0 atom stereocenters. The first kappa shape index (κ1) is 25.4. The maximum atomic E-state index is 13.1. The maximum absolute atomic E-state index is 13.1. The molecule has 0 aliphatic rings. The molecule has 0 saturated heterocycles. The van der Waals surface area contributed by atoms with Crippen molar-refractivity contribution in [3.8, 4) is 17.2 Å².